The van der Waals surface area contributed by atoms with E-state index in [1.165, 1.54) is 0 Å². The molecule has 5 heterocycles. The summed E-state index contributed by atoms with van der Waals surface area (Å²) in [4.78, 5) is 42.2. The van der Waals surface area contributed by atoms with Crippen molar-refractivity contribution < 1.29 is 23.7 Å². The third kappa shape index (κ3) is 5.07. The van der Waals surface area contributed by atoms with Gasteiger partial charge in [0, 0.05) is 36.3 Å². The van der Waals surface area contributed by atoms with Crippen molar-refractivity contribution in [1.29, 1.82) is 0 Å². The van der Waals surface area contributed by atoms with E-state index in [9.17, 15) is 9.59 Å². The Kier molecular flexibility index (Phi) is 6.76. The maximum Gasteiger partial charge on any atom is 0.264 e. The minimum atomic E-state index is -0.460. The number of fused-ring (bicyclic) bond motifs is 1. The highest BCUT2D eigenvalue weighted by Crippen LogP contribution is 2.40. The number of quaternary nitrogens is 1. The zero-order chi connectivity index (χ0) is 29.8. The molecule has 1 aliphatic carbocycles. The van der Waals surface area contributed by atoms with Crippen molar-refractivity contribution in [2.45, 2.75) is 51.7 Å². The lowest BCUT2D eigenvalue weighted by molar-refractivity contribution is -0.750. The van der Waals surface area contributed by atoms with Crippen LogP contribution in [0.4, 0.5) is 5.82 Å². The van der Waals surface area contributed by atoms with Crippen LogP contribution in [0.2, 0.25) is 0 Å². The summed E-state index contributed by atoms with van der Waals surface area (Å²) in [5, 5.41) is 2.85. The lowest BCUT2D eigenvalue weighted by Crippen LogP contribution is -2.57. The van der Waals surface area contributed by atoms with Gasteiger partial charge in [0.2, 0.25) is 11.6 Å². The normalized spacial score (nSPS) is 27.3. The molecular weight excluding hydrogens is 546 g/mol. The van der Waals surface area contributed by atoms with E-state index in [0.717, 1.165) is 42.6 Å². The van der Waals surface area contributed by atoms with Crippen LogP contribution in [0.3, 0.4) is 0 Å². The van der Waals surface area contributed by atoms with Gasteiger partial charge in [-0.3, -0.25) is 14.6 Å². The number of ether oxygens (including phenoxy) is 2. The van der Waals surface area contributed by atoms with Crippen LogP contribution in [0.25, 0.3) is 0 Å². The number of benzene rings is 1. The highest BCUT2D eigenvalue weighted by Gasteiger charge is 2.49. The third-order valence-electron chi connectivity index (χ3n) is 8.92. The summed E-state index contributed by atoms with van der Waals surface area (Å²) in [5.41, 5.74) is 2.46. The molecule has 2 amide bonds. The molecule has 0 radical (unpaired) electrons. The Hall–Kier alpha value is -4.19. The van der Waals surface area contributed by atoms with Crippen molar-refractivity contribution >= 4 is 29.7 Å². The smallest absolute Gasteiger partial charge is 0.264 e. The van der Waals surface area contributed by atoms with E-state index in [1.54, 1.807) is 42.9 Å². The first-order valence-electron chi connectivity index (χ1n) is 14.9. The fraction of sp³-hybridized carbons (Fsp3) is 0.406. The Morgan fingerprint density at radius 3 is 2.65 bits per heavy atom. The standard InChI is InChI=1S/C32H35N7O4/c1-20-3-4-23(17-38(20)31(41)32(2)18-42-19-32)28-26-16-34-13-14-39(26,33)29(37-28)21-5-7-22(8-6-21)30(40)36-27-15-25(11-12-35-27)43-24-9-10-24/h5-8,11-16,20,23-24H,3-4,9-10,17-19,33H2,1-2H3/p+1/t20-,23+,39?/m0/s1. The lowest BCUT2D eigenvalue weighted by atomic mass is 9.83. The van der Waals surface area contributed by atoms with Gasteiger partial charge in [-0.2, -0.15) is 10.8 Å². The Labute approximate surface area is 250 Å². The zero-order valence-electron chi connectivity index (χ0n) is 24.4. The number of nitrogens with two attached hydrogens (primary N) is 1. The Morgan fingerprint density at radius 2 is 1.93 bits per heavy atom. The summed E-state index contributed by atoms with van der Waals surface area (Å²) in [6.07, 6.45) is 11.0. The molecule has 5 aliphatic rings. The number of piperidine rings is 1. The number of nitrogens with zero attached hydrogens (tertiary/aromatic N) is 5. The monoisotopic (exact) mass is 582 g/mol. The van der Waals surface area contributed by atoms with E-state index < -0.39 is 5.41 Å². The Bertz CT molecular complexity index is 1590. The number of aromatic nitrogens is 1. The maximum atomic E-state index is 13.5. The van der Waals surface area contributed by atoms with Crippen molar-refractivity contribution in [3.63, 3.8) is 0 Å². The molecule has 4 aliphatic heterocycles. The molecule has 3 atom stereocenters. The number of carbonyl (C=O) groups is 2. The molecule has 222 valence electrons. The van der Waals surface area contributed by atoms with Crippen LogP contribution in [-0.4, -0.2) is 70.2 Å². The van der Waals surface area contributed by atoms with Crippen LogP contribution in [0.15, 0.2) is 76.4 Å². The number of nitrogens with one attached hydrogen (secondary N) is 1. The zero-order valence-corrected chi connectivity index (χ0v) is 24.4. The Balaban J connectivity index is 1.11. The highest BCUT2D eigenvalue weighted by molar-refractivity contribution is 6.05. The van der Waals surface area contributed by atoms with Gasteiger partial charge in [0.15, 0.2) is 0 Å². The average molecular weight is 583 g/mol. The van der Waals surface area contributed by atoms with Crippen molar-refractivity contribution in [3.8, 4) is 5.75 Å². The molecular formula is C32H36N7O4+. The molecule has 11 heteroatoms. The van der Waals surface area contributed by atoms with Gasteiger partial charge in [-0.25, -0.2) is 4.98 Å². The maximum absolute atomic E-state index is 13.5. The van der Waals surface area contributed by atoms with Crippen LogP contribution in [0, 0.1) is 11.3 Å². The molecule has 2 aromatic rings. The topological polar surface area (TPSA) is 131 Å². The molecule has 0 spiro atoms. The number of carbonyl (C=O) groups excluding carboxylic acids is 2. The number of pyridine rings is 1. The number of rotatable bonds is 7. The van der Waals surface area contributed by atoms with E-state index in [2.05, 4.69) is 22.2 Å². The number of amidine groups is 1. The molecule has 3 N–H and O–H groups in total. The molecule has 7 rings (SSSR count). The molecule has 1 aromatic heterocycles. The van der Waals surface area contributed by atoms with Gasteiger partial charge >= 0.3 is 0 Å². The van der Waals surface area contributed by atoms with Gasteiger partial charge in [0.1, 0.15) is 23.5 Å². The SMILES string of the molecule is C[C@H]1CC[C@@H](C2=C3C=NC=C[N+]3(N)C(c3ccc(C(=O)Nc4cc(OC5CC5)ccn4)cc3)=N2)CN1C(=O)C1(C)COC1. The molecule has 11 nitrogen and oxygen atoms in total. The van der Waals surface area contributed by atoms with E-state index in [-0.39, 0.29) is 34.5 Å². The van der Waals surface area contributed by atoms with Crippen molar-refractivity contribution in [2.75, 3.05) is 25.1 Å². The molecule has 0 bridgehead atoms. The predicted molar refractivity (Wildman–Crippen MR) is 161 cm³/mol. The van der Waals surface area contributed by atoms with Gasteiger partial charge in [0.25, 0.3) is 11.7 Å². The van der Waals surface area contributed by atoms with Crippen LogP contribution < -0.4 is 15.9 Å². The van der Waals surface area contributed by atoms with Crippen molar-refractivity contribution in [3.05, 3.63) is 77.5 Å². The van der Waals surface area contributed by atoms with Gasteiger partial charge in [-0.05, 0) is 69.9 Å². The number of allylic oxidation sites excluding steroid dienone is 1. The summed E-state index contributed by atoms with van der Waals surface area (Å²) in [7, 11) is 0. The molecule has 43 heavy (non-hydrogen) atoms. The number of anilines is 1. The summed E-state index contributed by atoms with van der Waals surface area (Å²) < 4.78 is 11.1. The quantitative estimate of drug-likeness (QED) is 0.378. The second-order valence-corrected chi connectivity index (χ2v) is 12.4. The number of hydrogen-bond donors (Lipinski definition) is 2. The number of amides is 2. The number of likely N-dealkylation sites (tertiary alicyclic amines) is 1. The second kappa shape index (κ2) is 10.5. The first kappa shape index (κ1) is 27.6. The minimum absolute atomic E-state index is 0.0217. The van der Waals surface area contributed by atoms with E-state index in [4.69, 9.17) is 20.3 Å². The minimum Gasteiger partial charge on any atom is -0.490 e. The molecule has 1 saturated carbocycles. The average Bonchev–Trinajstić information content (AvgIpc) is 3.75. The number of aliphatic imine (C=N–C) groups is 2. The number of hydrogen-bond acceptors (Lipinski definition) is 8. The van der Waals surface area contributed by atoms with E-state index >= 15 is 0 Å². The van der Waals surface area contributed by atoms with Gasteiger partial charge in [-0.15, -0.1) is 4.59 Å². The van der Waals surface area contributed by atoms with Crippen LogP contribution in [-0.2, 0) is 9.53 Å². The first-order chi connectivity index (χ1) is 20.7. The van der Waals surface area contributed by atoms with Gasteiger partial charge in [0.05, 0.1) is 42.7 Å². The van der Waals surface area contributed by atoms with Crippen molar-refractivity contribution in [1.82, 2.24) is 9.88 Å². The third-order valence-corrected chi connectivity index (χ3v) is 8.92. The molecule has 1 aromatic carbocycles. The van der Waals surface area contributed by atoms with E-state index in [0.29, 0.717) is 42.7 Å². The molecule has 1 unspecified atom stereocenters. The largest absolute Gasteiger partial charge is 0.490 e. The highest BCUT2D eigenvalue weighted by atomic mass is 16.5. The Morgan fingerprint density at radius 1 is 1.14 bits per heavy atom. The summed E-state index contributed by atoms with van der Waals surface area (Å²) in [6, 6.07) is 10.9. The first-order valence-corrected chi connectivity index (χ1v) is 14.9. The lowest BCUT2D eigenvalue weighted by Gasteiger charge is -2.45. The predicted octanol–water partition coefficient (Wildman–Crippen LogP) is 3.76. The van der Waals surface area contributed by atoms with Crippen LogP contribution in [0.1, 0.15) is 55.5 Å². The van der Waals surface area contributed by atoms with Gasteiger partial charge < -0.3 is 19.7 Å². The fourth-order valence-electron chi connectivity index (χ4n) is 6.09. The van der Waals surface area contributed by atoms with Gasteiger partial charge in [-0.1, -0.05) is 0 Å². The summed E-state index contributed by atoms with van der Waals surface area (Å²) in [5.74, 6) is 8.64. The fourth-order valence-corrected chi connectivity index (χ4v) is 6.09. The van der Waals surface area contributed by atoms with Crippen LogP contribution in [0.5, 0.6) is 5.75 Å². The van der Waals surface area contributed by atoms with E-state index in [1.807, 2.05) is 30.2 Å². The molecule has 2 saturated heterocycles. The summed E-state index contributed by atoms with van der Waals surface area (Å²) >= 11 is 0. The van der Waals surface area contributed by atoms with Crippen LogP contribution >= 0.6 is 0 Å². The second-order valence-electron chi connectivity index (χ2n) is 12.4. The van der Waals surface area contributed by atoms with Crippen molar-refractivity contribution in [2.24, 2.45) is 27.2 Å². The summed E-state index contributed by atoms with van der Waals surface area (Å²) in [6.45, 7) is 5.58. The molecule has 3 fully saturated rings.